The molecule has 0 saturated heterocycles. The second-order valence-corrected chi connectivity index (χ2v) is 5.46. The van der Waals surface area contributed by atoms with Crippen LogP contribution < -0.4 is 9.47 Å². The predicted molar refractivity (Wildman–Crippen MR) is 92.7 cm³/mol. The average molecular weight is 322 g/mol. The summed E-state index contributed by atoms with van der Waals surface area (Å²) in [6, 6.07) is 20.7. The fourth-order valence-electron chi connectivity index (χ4n) is 2.67. The first-order valence-electron chi connectivity index (χ1n) is 7.67. The van der Waals surface area contributed by atoms with E-state index in [2.05, 4.69) is 0 Å². The van der Waals surface area contributed by atoms with Crippen molar-refractivity contribution in [2.75, 3.05) is 7.11 Å². The van der Waals surface area contributed by atoms with Crippen molar-refractivity contribution in [3.8, 4) is 11.5 Å². The molecule has 0 radical (unpaired) electrons. The van der Waals surface area contributed by atoms with E-state index in [-0.39, 0.29) is 0 Å². The smallest absolute Gasteiger partial charge is 0.345 e. The number of benzene rings is 3. The van der Waals surface area contributed by atoms with Crippen LogP contribution in [0.4, 0.5) is 0 Å². The van der Waals surface area contributed by atoms with Crippen LogP contribution in [0.15, 0.2) is 66.7 Å². The monoisotopic (exact) mass is 322 g/mol. The van der Waals surface area contributed by atoms with Crippen molar-refractivity contribution in [2.45, 2.75) is 12.5 Å². The third kappa shape index (κ3) is 3.49. The van der Waals surface area contributed by atoms with Gasteiger partial charge in [-0.1, -0.05) is 42.5 Å². The molecular formula is C20H18O4. The Hall–Kier alpha value is -3.01. The Morgan fingerprint density at radius 3 is 2.33 bits per heavy atom. The summed E-state index contributed by atoms with van der Waals surface area (Å²) in [5.41, 5.74) is 0.953. The molecule has 0 aliphatic carbocycles. The second kappa shape index (κ2) is 7.04. The second-order valence-electron chi connectivity index (χ2n) is 5.46. The van der Waals surface area contributed by atoms with Gasteiger partial charge in [0.1, 0.15) is 11.5 Å². The summed E-state index contributed by atoms with van der Waals surface area (Å²) in [6.45, 7) is 0. The van der Waals surface area contributed by atoms with Gasteiger partial charge in [0.15, 0.2) is 6.10 Å². The van der Waals surface area contributed by atoms with Crippen molar-refractivity contribution in [3.63, 3.8) is 0 Å². The highest BCUT2D eigenvalue weighted by Crippen LogP contribution is 2.23. The number of fused-ring (bicyclic) bond motifs is 1. The van der Waals surface area contributed by atoms with Crippen LogP contribution in [-0.4, -0.2) is 24.3 Å². The highest BCUT2D eigenvalue weighted by atomic mass is 16.5. The highest BCUT2D eigenvalue weighted by Gasteiger charge is 2.21. The van der Waals surface area contributed by atoms with E-state index in [0.29, 0.717) is 17.9 Å². The normalized spacial score (nSPS) is 11.9. The topological polar surface area (TPSA) is 55.8 Å². The number of ether oxygens (including phenoxy) is 2. The highest BCUT2D eigenvalue weighted by molar-refractivity contribution is 5.86. The molecule has 4 heteroatoms. The molecule has 0 heterocycles. The zero-order chi connectivity index (χ0) is 16.9. The van der Waals surface area contributed by atoms with Gasteiger partial charge in [0.25, 0.3) is 0 Å². The van der Waals surface area contributed by atoms with Gasteiger partial charge < -0.3 is 14.6 Å². The largest absolute Gasteiger partial charge is 0.497 e. The van der Waals surface area contributed by atoms with Crippen molar-refractivity contribution in [3.05, 3.63) is 72.3 Å². The molecule has 0 unspecified atom stereocenters. The minimum absolute atomic E-state index is 0.294. The van der Waals surface area contributed by atoms with Crippen LogP contribution in [0.3, 0.4) is 0 Å². The van der Waals surface area contributed by atoms with Crippen molar-refractivity contribution in [1.29, 1.82) is 0 Å². The van der Waals surface area contributed by atoms with E-state index in [1.165, 1.54) is 0 Å². The molecule has 3 rings (SSSR count). The van der Waals surface area contributed by atoms with Crippen molar-refractivity contribution in [1.82, 2.24) is 0 Å². The Morgan fingerprint density at radius 2 is 1.62 bits per heavy atom. The number of hydrogen-bond acceptors (Lipinski definition) is 3. The lowest BCUT2D eigenvalue weighted by atomic mass is 10.00. The molecule has 122 valence electrons. The lowest BCUT2D eigenvalue weighted by molar-refractivity contribution is -0.145. The Kier molecular flexibility index (Phi) is 4.66. The lowest BCUT2D eigenvalue weighted by Crippen LogP contribution is -2.29. The lowest BCUT2D eigenvalue weighted by Gasteiger charge is -2.16. The zero-order valence-electron chi connectivity index (χ0n) is 13.3. The van der Waals surface area contributed by atoms with Crippen molar-refractivity contribution < 1.29 is 19.4 Å². The number of methoxy groups -OCH3 is 1. The molecule has 0 bridgehead atoms. The molecule has 3 aromatic rings. The maximum absolute atomic E-state index is 11.6. The molecule has 24 heavy (non-hydrogen) atoms. The first-order valence-corrected chi connectivity index (χ1v) is 7.67. The van der Waals surface area contributed by atoms with Crippen LogP contribution in [-0.2, 0) is 11.2 Å². The van der Waals surface area contributed by atoms with Crippen molar-refractivity contribution in [2.24, 2.45) is 0 Å². The van der Waals surface area contributed by atoms with Gasteiger partial charge in [-0.05, 0) is 40.6 Å². The van der Waals surface area contributed by atoms with Crippen molar-refractivity contribution >= 4 is 16.7 Å². The minimum Gasteiger partial charge on any atom is -0.497 e. The van der Waals surface area contributed by atoms with Gasteiger partial charge in [0.2, 0.25) is 0 Å². The summed E-state index contributed by atoms with van der Waals surface area (Å²) in [4.78, 5) is 11.6. The van der Waals surface area contributed by atoms with E-state index < -0.39 is 12.1 Å². The minimum atomic E-state index is -0.987. The Bertz CT molecular complexity index is 834. The van der Waals surface area contributed by atoms with Gasteiger partial charge in [0, 0.05) is 6.42 Å². The fraction of sp³-hybridized carbons (Fsp3) is 0.150. The molecule has 1 atom stereocenters. The summed E-state index contributed by atoms with van der Waals surface area (Å²) in [5.74, 6) is 0.213. The van der Waals surface area contributed by atoms with E-state index in [0.717, 1.165) is 16.3 Å². The summed E-state index contributed by atoms with van der Waals surface area (Å²) in [5, 5.41) is 11.7. The number of rotatable bonds is 6. The summed E-state index contributed by atoms with van der Waals surface area (Å²) in [6.07, 6.45) is -0.660. The van der Waals surface area contributed by atoms with Gasteiger partial charge in [-0.25, -0.2) is 4.79 Å². The quantitative estimate of drug-likeness (QED) is 0.747. The summed E-state index contributed by atoms with van der Waals surface area (Å²) in [7, 11) is 1.58. The van der Waals surface area contributed by atoms with Gasteiger partial charge in [-0.3, -0.25) is 0 Å². The summed E-state index contributed by atoms with van der Waals surface area (Å²) < 4.78 is 10.8. The maximum atomic E-state index is 11.6. The number of carboxylic acids is 1. The Morgan fingerprint density at radius 1 is 0.958 bits per heavy atom. The van der Waals surface area contributed by atoms with Crippen LogP contribution in [0.5, 0.6) is 11.5 Å². The summed E-state index contributed by atoms with van der Waals surface area (Å²) >= 11 is 0. The first kappa shape index (κ1) is 15.9. The SMILES string of the molecule is COc1ccc(O[C@H](Cc2cccc3ccccc23)C(=O)O)cc1. The molecule has 0 fully saturated rings. The molecule has 0 aliphatic heterocycles. The van der Waals surface area contributed by atoms with Crippen LogP contribution in [0.2, 0.25) is 0 Å². The van der Waals surface area contributed by atoms with Crippen LogP contribution in [0.25, 0.3) is 10.8 Å². The molecule has 3 aromatic carbocycles. The molecule has 0 spiro atoms. The molecular weight excluding hydrogens is 304 g/mol. The standard InChI is InChI=1S/C20H18O4/c1-23-16-9-11-17(12-10-16)24-19(20(21)22)13-15-7-4-6-14-5-2-3-8-18(14)15/h2-12,19H,13H2,1H3,(H,21,22)/t19-/m1/s1. The van der Waals surface area contributed by atoms with E-state index in [1.807, 2.05) is 42.5 Å². The molecule has 4 nitrogen and oxygen atoms in total. The maximum Gasteiger partial charge on any atom is 0.345 e. The third-order valence-electron chi connectivity index (χ3n) is 3.90. The van der Waals surface area contributed by atoms with E-state index in [1.54, 1.807) is 31.4 Å². The Labute approximate surface area is 140 Å². The first-order chi connectivity index (χ1) is 11.7. The number of carbonyl (C=O) groups is 1. The molecule has 0 amide bonds. The predicted octanol–water partition coefficient (Wildman–Crippen LogP) is 3.92. The van der Waals surface area contributed by atoms with Crippen LogP contribution in [0.1, 0.15) is 5.56 Å². The van der Waals surface area contributed by atoms with Gasteiger partial charge >= 0.3 is 5.97 Å². The zero-order valence-corrected chi connectivity index (χ0v) is 13.3. The number of hydrogen-bond donors (Lipinski definition) is 1. The van der Waals surface area contributed by atoms with Gasteiger partial charge in [0.05, 0.1) is 7.11 Å². The third-order valence-corrected chi connectivity index (χ3v) is 3.90. The van der Waals surface area contributed by atoms with E-state index >= 15 is 0 Å². The number of aliphatic carboxylic acids is 1. The van der Waals surface area contributed by atoms with E-state index in [9.17, 15) is 9.90 Å². The Balaban J connectivity index is 1.84. The number of carboxylic acid groups (broad SMARTS) is 1. The van der Waals surface area contributed by atoms with Crippen LogP contribution in [0, 0.1) is 0 Å². The molecule has 0 aromatic heterocycles. The molecule has 0 saturated carbocycles. The van der Waals surface area contributed by atoms with E-state index in [4.69, 9.17) is 9.47 Å². The van der Waals surface area contributed by atoms with Gasteiger partial charge in [-0.2, -0.15) is 0 Å². The average Bonchev–Trinajstić information content (AvgIpc) is 2.62. The van der Waals surface area contributed by atoms with Crippen LogP contribution >= 0.6 is 0 Å². The molecule has 1 N–H and O–H groups in total. The van der Waals surface area contributed by atoms with Gasteiger partial charge in [-0.15, -0.1) is 0 Å². The fourth-order valence-corrected chi connectivity index (χ4v) is 2.67. The molecule has 0 aliphatic rings.